The molecule has 0 bridgehead atoms. The number of nitrogens with one attached hydrogen (secondary N) is 1. The predicted octanol–water partition coefficient (Wildman–Crippen LogP) is 3.01. The molecule has 1 fully saturated rings. The molecule has 1 aromatic heterocycles. The van der Waals surface area contributed by atoms with Crippen LogP contribution in [0.25, 0.3) is 11.0 Å². The first-order chi connectivity index (χ1) is 8.79. The van der Waals surface area contributed by atoms with E-state index in [0.717, 1.165) is 36.4 Å². The molecular formula is C14H18FN3. The smallest absolute Gasteiger partial charge is 0.127 e. The normalized spacial score (nSPS) is 20.4. The van der Waals surface area contributed by atoms with Crippen molar-refractivity contribution in [2.24, 2.45) is 0 Å². The molecular weight excluding hydrogens is 229 g/mol. The highest BCUT2D eigenvalue weighted by Crippen LogP contribution is 2.26. The number of halogens is 1. The first-order valence-corrected chi connectivity index (χ1v) is 6.68. The minimum Gasteiger partial charge on any atom is -0.327 e. The number of fused-ring (bicyclic) bond motifs is 1. The molecule has 3 nitrogen and oxygen atoms in total. The number of imidazole rings is 1. The maximum Gasteiger partial charge on any atom is 0.127 e. The van der Waals surface area contributed by atoms with Crippen LogP contribution in [-0.2, 0) is 6.54 Å². The predicted molar refractivity (Wildman–Crippen MR) is 70.0 cm³/mol. The number of piperidine rings is 1. The number of hydrogen-bond acceptors (Lipinski definition) is 2. The maximum absolute atomic E-state index is 13.3. The van der Waals surface area contributed by atoms with E-state index in [9.17, 15) is 4.39 Å². The lowest BCUT2D eigenvalue weighted by Gasteiger charge is -2.23. The van der Waals surface area contributed by atoms with Crippen LogP contribution in [0.5, 0.6) is 0 Å². The lowest BCUT2D eigenvalue weighted by atomic mass is 10.0. The van der Waals surface area contributed by atoms with Crippen LogP contribution in [0.3, 0.4) is 0 Å². The first kappa shape index (κ1) is 11.7. The highest BCUT2D eigenvalue weighted by molar-refractivity contribution is 5.76. The first-order valence-electron chi connectivity index (χ1n) is 6.68. The summed E-state index contributed by atoms with van der Waals surface area (Å²) in [5.41, 5.74) is 1.79. The third-order valence-electron chi connectivity index (χ3n) is 3.68. The van der Waals surface area contributed by atoms with Crippen molar-refractivity contribution in [3.63, 3.8) is 0 Å². The summed E-state index contributed by atoms with van der Waals surface area (Å²) in [6.07, 6.45) is 3.59. The quantitative estimate of drug-likeness (QED) is 0.884. The summed E-state index contributed by atoms with van der Waals surface area (Å²) in [6, 6.07) is 5.17. The van der Waals surface area contributed by atoms with Crippen molar-refractivity contribution in [1.82, 2.24) is 14.9 Å². The largest absolute Gasteiger partial charge is 0.327 e. The second-order valence-electron chi connectivity index (χ2n) is 4.85. The standard InChI is InChI=1S/C14H18FN3/c1-2-18-13-7-6-10(15)9-12(13)17-14(18)11-5-3-4-8-16-11/h6-7,9,11,16H,2-5,8H2,1H3. The molecule has 1 N–H and O–H groups in total. The van der Waals surface area contributed by atoms with Gasteiger partial charge in [0.05, 0.1) is 17.1 Å². The van der Waals surface area contributed by atoms with Gasteiger partial charge >= 0.3 is 0 Å². The molecule has 0 spiro atoms. The molecule has 1 aliphatic rings. The Labute approximate surface area is 106 Å². The van der Waals surface area contributed by atoms with Gasteiger partial charge in [0.15, 0.2) is 0 Å². The molecule has 1 atom stereocenters. The summed E-state index contributed by atoms with van der Waals surface area (Å²) in [5, 5.41) is 3.51. The van der Waals surface area contributed by atoms with Gasteiger partial charge in [-0.3, -0.25) is 0 Å². The molecule has 96 valence electrons. The van der Waals surface area contributed by atoms with E-state index in [2.05, 4.69) is 21.8 Å². The van der Waals surface area contributed by atoms with Crippen LogP contribution in [0.15, 0.2) is 18.2 Å². The van der Waals surface area contributed by atoms with Crippen LogP contribution >= 0.6 is 0 Å². The number of aromatic nitrogens is 2. The van der Waals surface area contributed by atoms with Gasteiger partial charge in [-0.1, -0.05) is 6.42 Å². The zero-order chi connectivity index (χ0) is 12.5. The Morgan fingerprint density at radius 2 is 2.33 bits per heavy atom. The van der Waals surface area contributed by atoms with Gasteiger partial charge in [0.2, 0.25) is 0 Å². The lowest BCUT2D eigenvalue weighted by Crippen LogP contribution is -2.29. The molecule has 18 heavy (non-hydrogen) atoms. The zero-order valence-corrected chi connectivity index (χ0v) is 10.6. The van der Waals surface area contributed by atoms with E-state index in [4.69, 9.17) is 0 Å². The Balaban J connectivity index is 2.09. The van der Waals surface area contributed by atoms with Crippen LogP contribution in [-0.4, -0.2) is 16.1 Å². The highest BCUT2D eigenvalue weighted by atomic mass is 19.1. The van der Waals surface area contributed by atoms with Crippen molar-refractivity contribution in [2.45, 2.75) is 38.8 Å². The zero-order valence-electron chi connectivity index (χ0n) is 10.6. The molecule has 4 heteroatoms. The Morgan fingerprint density at radius 3 is 3.06 bits per heavy atom. The van der Waals surface area contributed by atoms with E-state index in [1.54, 1.807) is 0 Å². The number of hydrogen-bond donors (Lipinski definition) is 1. The number of benzene rings is 1. The fourth-order valence-corrected chi connectivity index (χ4v) is 2.79. The molecule has 1 aromatic carbocycles. The Bertz CT molecular complexity index is 555. The number of aryl methyl sites for hydroxylation is 1. The van der Waals surface area contributed by atoms with Crippen LogP contribution in [0.1, 0.15) is 38.1 Å². The molecule has 0 aliphatic carbocycles. The van der Waals surface area contributed by atoms with Crippen molar-refractivity contribution in [2.75, 3.05) is 6.54 Å². The summed E-state index contributed by atoms with van der Waals surface area (Å²) in [6.45, 7) is 4.03. The van der Waals surface area contributed by atoms with Crippen molar-refractivity contribution in [1.29, 1.82) is 0 Å². The summed E-state index contributed by atoms with van der Waals surface area (Å²) in [7, 11) is 0. The summed E-state index contributed by atoms with van der Waals surface area (Å²) >= 11 is 0. The van der Waals surface area contributed by atoms with Crippen molar-refractivity contribution in [3.05, 3.63) is 29.8 Å². The van der Waals surface area contributed by atoms with Crippen LogP contribution in [0.2, 0.25) is 0 Å². The minimum absolute atomic E-state index is 0.216. The van der Waals surface area contributed by atoms with Gasteiger partial charge in [0.1, 0.15) is 11.6 Å². The Hall–Kier alpha value is -1.42. The highest BCUT2D eigenvalue weighted by Gasteiger charge is 2.21. The fraction of sp³-hybridized carbons (Fsp3) is 0.500. The average Bonchev–Trinajstić information content (AvgIpc) is 2.77. The van der Waals surface area contributed by atoms with Gasteiger partial charge in [-0.2, -0.15) is 0 Å². The minimum atomic E-state index is -0.216. The summed E-state index contributed by atoms with van der Waals surface area (Å²) in [4.78, 5) is 4.63. The van der Waals surface area contributed by atoms with E-state index < -0.39 is 0 Å². The fourth-order valence-electron chi connectivity index (χ4n) is 2.79. The SMILES string of the molecule is CCn1c(C2CCCCN2)nc2cc(F)ccc21. The number of rotatable bonds is 2. The van der Waals surface area contributed by atoms with E-state index in [1.165, 1.54) is 25.0 Å². The van der Waals surface area contributed by atoms with E-state index in [0.29, 0.717) is 6.04 Å². The van der Waals surface area contributed by atoms with Crippen molar-refractivity contribution in [3.8, 4) is 0 Å². The van der Waals surface area contributed by atoms with Crippen LogP contribution in [0, 0.1) is 5.82 Å². The topological polar surface area (TPSA) is 29.9 Å². The molecule has 2 heterocycles. The van der Waals surface area contributed by atoms with Crippen molar-refractivity contribution >= 4 is 11.0 Å². The average molecular weight is 247 g/mol. The van der Waals surface area contributed by atoms with Crippen LogP contribution < -0.4 is 5.32 Å². The monoisotopic (exact) mass is 247 g/mol. The molecule has 0 amide bonds. The van der Waals surface area contributed by atoms with Crippen molar-refractivity contribution < 1.29 is 4.39 Å². The van der Waals surface area contributed by atoms with Gasteiger partial charge in [-0.25, -0.2) is 9.37 Å². The van der Waals surface area contributed by atoms with E-state index >= 15 is 0 Å². The van der Waals surface area contributed by atoms with Gasteiger partial charge in [0, 0.05) is 12.6 Å². The third-order valence-corrected chi connectivity index (χ3v) is 3.68. The Kier molecular flexibility index (Phi) is 3.04. The molecule has 0 saturated carbocycles. The van der Waals surface area contributed by atoms with Gasteiger partial charge in [-0.05, 0) is 38.4 Å². The summed E-state index contributed by atoms with van der Waals surface area (Å²) in [5.74, 6) is 0.837. The van der Waals surface area contributed by atoms with Gasteiger partial charge in [0.25, 0.3) is 0 Å². The molecule has 1 aliphatic heterocycles. The second-order valence-corrected chi connectivity index (χ2v) is 4.85. The Morgan fingerprint density at radius 1 is 1.44 bits per heavy atom. The van der Waals surface area contributed by atoms with Gasteiger partial charge < -0.3 is 9.88 Å². The van der Waals surface area contributed by atoms with E-state index in [1.807, 2.05) is 6.07 Å². The van der Waals surface area contributed by atoms with E-state index in [-0.39, 0.29) is 5.82 Å². The number of nitrogens with zero attached hydrogens (tertiary/aromatic N) is 2. The molecule has 1 saturated heterocycles. The molecule has 0 radical (unpaired) electrons. The lowest BCUT2D eigenvalue weighted by molar-refractivity contribution is 0.388. The van der Waals surface area contributed by atoms with Crippen LogP contribution in [0.4, 0.5) is 4.39 Å². The summed E-state index contributed by atoms with van der Waals surface area (Å²) < 4.78 is 15.5. The second kappa shape index (κ2) is 4.69. The third kappa shape index (κ3) is 1.90. The maximum atomic E-state index is 13.3. The molecule has 3 rings (SSSR count). The molecule has 2 aromatic rings. The molecule has 1 unspecified atom stereocenters. The van der Waals surface area contributed by atoms with Gasteiger partial charge in [-0.15, -0.1) is 0 Å².